The molecule has 25 heavy (non-hydrogen) atoms. The Labute approximate surface area is 156 Å². The van der Waals surface area contributed by atoms with Crippen LogP contribution in [0.25, 0.3) is 0 Å². The number of quaternary nitrogens is 1. The van der Waals surface area contributed by atoms with E-state index < -0.39 is 5.82 Å². The number of hydrogen-bond acceptors (Lipinski definition) is 2. The molecule has 1 amide bonds. The van der Waals surface area contributed by atoms with Gasteiger partial charge in [-0.2, -0.15) is 0 Å². The summed E-state index contributed by atoms with van der Waals surface area (Å²) in [7, 11) is 1.60. The predicted molar refractivity (Wildman–Crippen MR) is 96.5 cm³/mol. The smallest absolute Gasteiger partial charge is 0.275 e. The summed E-state index contributed by atoms with van der Waals surface area (Å²) in [5, 5.41) is 5.00. The van der Waals surface area contributed by atoms with Crippen LogP contribution >= 0.6 is 23.2 Å². The van der Waals surface area contributed by atoms with Crippen molar-refractivity contribution < 1.29 is 19.2 Å². The van der Waals surface area contributed by atoms with E-state index in [1.807, 2.05) is 31.2 Å². The number of benzene rings is 2. The van der Waals surface area contributed by atoms with Gasteiger partial charge in [-0.05, 0) is 36.8 Å². The lowest BCUT2D eigenvalue weighted by Gasteiger charge is -2.13. The maximum Gasteiger partial charge on any atom is 0.275 e. The van der Waals surface area contributed by atoms with Gasteiger partial charge in [-0.3, -0.25) is 4.79 Å². The molecule has 134 valence electrons. The SMILES string of the molecule is COc1ccc(CNC(=O)C[NH2+][C@H](C)c2cc(F)c(Cl)cc2Cl)cc1. The van der Waals surface area contributed by atoms with E-state index in [1.54, 1.807) is 12.4 Å². The third-order valence-corrected chi connectivity index (χ3v) is 4.45. The molecule has 0 radical (unpaired) electrons. The topological polar surface area (TPSA) is 54.9 Å². The lowest BCUT2D eigenvalue weighted by molar-refractivity contribution is -0.682. The van der Waals surface area contributed by atoms with E-state index in [1.165, 1.54) is 12.1 Å². The molecule has 0 aliphatic heterocycles. The van der Waals surface area contributed by atoms with Crippen LogP contribution in [0.15, 0.2) is 36.4 Å². The Hall–Kier alpha value is -1.82. The number of ether oxygens (including phenoxy) is 1. The summed E-state index contributed by atoms with van der Waals surface area (Å²) < 4.78 is 18.7. The molecule has 2 rings (SSSR count). The second-order valence-electron chi connectivity index (χ2n) is 5.64. The van der Waals surface area contributed by atoms with Crippen molar-refractivity contribution in [1.29, 1.82) is 0 Å². The van der Waals surface area contributed by atoms with Crippen molar-refractivity contribution in [2.24, 2.45) is 0 Å². The molecule has 0 unspecified atom stereocenters. The molecule has 1 atom stereocenters. The van der Waals surface area contributed by atoms with Crippen molar-refractivity contribution in [1.82, 2.24) is 5.32 Å². The first-order valence-electron chi connectivity index (χ1n) is 7.78. The number of methoxy groups -OCH3 is 1. The molecule has 0 saturated heterocycles. The van der Waals surface area contributed by atoms with Gasteiger partial charge in [-0.15, -0.1) is 0 Å². The van der Waals surface area contributed by atoms with Gasteiger partial charge in [0.25, 0.3) is 5.91 Å². The summed E-state index contributed by atoms with van der Waals surface area (Å²) in [6, 6.07) is 9.97. The number of hydrogen-bond donors (Lipinski definition) is 2. The van der Waals surface area contributed by atoms with Crippen molar-refractivity contribution in [2.45, 2.75) is 19.5 Å². The third kappa shape index (κ3) is 5.59. The van der Waals surface area contributed by atoms with Crippen molar-refractivity contribution in [3.05, 3.63) is 63.4 Å². The maximum atomic E-state index is 13.6. The van der Waals surface area contributed by atoms with E-state index in [-0.39, 0.29) is 23.5 Å². The summed E-state index contributed by atoms with van der Waals surface area (Å²) in [4.78, 5) is 12.0. The zero-order chi connectivity index (χ0) is 18.4. The highest BCUT2D eigenvalue weighted by Crippen LogP contribution is 2.27. The molecule has 0 spiro atoms. The highest BCUT2D eigenvalue weighted by molar-refractivity contribution is 6.35. The molecule has 0 aromatic heterocycles. The Kier molecular flexibility index (Phi) is 7.05. The normalized spacial score (nSPS) is 11.9. The monoisotopic (exact) mass is 385 g/mol. The zero-order valence-corrected chi connectivity index (χ0v) is 15.5. The van der Waals surface area contributed by atoms with Crippen LogP contribution in [0, 0.1) is 5.82 Å². The van der Waals surface area contributed by atoms with Gasteiger partial charge >= 0.3 is 0 Å². The van der Waals surface area contributed by atoms with Crippen LogP contribution in [-0.2, 0) is 11.3 Å². The molecule has 0 aliphatic carbocycles. The fourth-order valence-electron chi connectivity index (χ4n) is 2.31. The Bertz CT molecular complexity index is 739. The average Bonchev–Trinajstić information content (AvgIpc) is 2.61. The first-order chi connectivity index (χ1) is 11.9. The second kappa shape index (κ2) is 9.04. The van der Waals surface area contributed by atoms with Crippen molar-refractivity contribution in [3.8, 4) is 5.75 Å². The van der Waals surface area contributed by atoms with E-state index in [0.29, 0.717) is 17.1 Å². The van der Waals surface area contributed by atoms with Gasteiger partial charge in [0.1, 0.15) is 17.6 Å². The van der Waals surface area contributed by atoms with Gasteiger partial charge < -0.3 is 15.4 Å². The van der Waals surface area contributed by atoms with Crippen molar-refractivity contribution in [2.75, 3.05) is 13.7 Å². The Morgan fingerprint density at radius 1 is 1.24 bits per heavy atom. The number of carbonyl (C=O) groups excluding carboxylic acids is 1. The zero-order valence-electron chi connectivity index (χ0n) is 14.0. The van der Waals surface area contributed by atoms with Gasteiger partial charge in [0.05, 0.1) is 17.2 Å². The van der Waals surface area contributed by atoms with Crippen LogP contribution in [-0.4, -0.2) is 19.6 Å². The average molecular weight is 386 g/mol. The quantitative estimate of drug-likeness (QED) is 0.719. The Morgan fingerprint density at radius 2 is 1.92 bits per heavy atom. The second-order valence-corrected chi connectivity index (χ2v) is 6.46. The van der Waals surface area contributed by atoms with Gasteiger partial charge in [-0.25, -0.2) is 4.39 Å². The minimum absolute atomic E-state index is 0.0156. The lowest BCUT2D eigenvalue weighted by Crippen LogP contribution is -2.87. The van der Waals surface area contributed by atoms with E-state index in [9.17, 15) is 9.18 Å². The molecule has 0 bridgehead atoms. The molecular formula is C18H20Cl2FN2O2+. The summed E-state index contributed by atoms with van der Waals surface area (Å²) in [6.45, 7) is 2.49. The van der Waals surface area contributed by atoms with E-state index in [0.717, 1.165) is 11.3 Å². The van der Waals surface area contributed by atoms with Gasteiger partial charge in [-0.1, -0.05) is 35.3 Å². The summed E-state index contributed by atoms with van der Waals surface area (Å²) in [5.41, 5.74) is 1.58. The number of amides is 1. The van der Waals surface area contributed by atoms with Crippen LogP contribution in [0.3, 0.4) is 0 Å². The minimum Gasteiger partial charge on any atom is -0.497 e. The highest BCUT2D eigenvalue weighted by atomic mass is 35.5. The van der Waals surface area contributed by atoms with E-state index in [2.05, 4.69) is 5.32 Å². The van der Waals surface area contributed by atoms with Crippen LogP contribution in [0.1, 0.15) is 24.1 Å². The maximum absolute atomic E-state index is 13.6. The van der Waals surface area contributed by atoms with Crippen LogP contribution in [0.4, 0.5) is 4.39 Å². The molecule has 3 N–H and O–H groups in total. The molecule has 0 heterocycles. The van der Waals surface area contributed by atoms with Crippen molar-refractivity contribution >= 4 is 29.1 Å². The van der Waals surface area contributed by atoms with Crippen LogP contribution < -0.4 is 15.4 Å². The minimum atomic E-state index is -0.523. The third-order valence-electron chi connectivity index (χ3n) is 3.84. The summed E-state index contributed by atoms with van der Waals surface area (Å²) in [6.07, 6.45) is 0. The Balaban J connectivity index is 1.83. The van der Waals surface area contributed by atoms with Gasteiger partial charge in [0, 0.05) is 12.1 Å². The van der Waals surface area contributed by atoms with E-state index in [4.69, 9.17) is 27.9 Å². The summed E-state index contributed by atoms with van der Waals surface area (Å²) in [5.74, 6) is 0.128. The number of carbonyl (C=O) groups is 1. The van der Waals surface area contributed by atoms with Gasteiger partial charge in [0.2, 0.25) is 0 Å². The van der Waals surface area contributed by atoms with Crippen LogP contribution in [0.2, 0.25) is 10.0 Å². The number of halogens is 3. The fourth-order valence-corrected chi connectivity index (χ4v) is 2.87. The molecule has 0 saturated carbocycles. The fraction of sp³-hybridized carbons (Fsp3) is 0.278. The summed E-state index contributed by atoms with van der Waals surface area (Å²) >= 11 is 11.8. The molecule has 2 aromatic carbocycles. The number of nitrogens with one attached hydrogen (secondary N) is 1. The van der Waals surface area contributed by atoms with E-state index >= 15 is 0 Å². The van der Waals surface area contributed by atoms with Crippen molar-refractivity contribution in [3.63, 3.8) is 0 Å². The first kappa shape index (κ1) is 19.5. The lowest BCUT2D eigenvalue weighted by atomic mass is 10.1. The standard InChI is InChI=1S/C18H19Cl2FN2O2/c1-11(14-7-17(21)16(20)8-15(14)19)22-10-18(24)23-9-12-3-5-13(25-2)6-4-12/h3-8,11,22H,9-10H2,1-2H3,(H,23,24)/p+1/t11-/m1/s1. The first-order valence-corrected chi connectivity index (χ1v) is 8.53. The van der Waals surface area contributed by atoms with Gasteiger partial charge in [0.15, 0.2) is 6.54 Å². The highest BCUT2D eigenvalue weighted by Gasteiger charge is 2.17. The molecule has 4 nitrogen and oxygen atoms in total. The predicted octanol–water partition coefficient (Wildman–Crippen LogP) is 3.08. The molecule has 2 aromatic rings. The van der Waals surface area contributed by atoms with Crippen LogP contribution in [0.5, 0.6) is 5.75 Å². The largest absolute Gasteiger partial charge is 0.497 e. The number of rotatable bonds is 7. The number of nitrogens with two attached hydrogens (primary N) is 1. The Morgan fingerprint density at radius 3 is 2.56 bits per heavy atom. The molecule has 7 heteroatoms. The molecule has 0 aliphatic rings. The molecule has 0 fully saturated rings. The molecular weight excluding hydrogens is 366 g/mol.